The summed E-state index contributed by atoms with van der Waals surface area (Å²) in [6.07, 6.45) is 1.47. The Morgan fingerprint density at radius 2 is 2.13 bits per heavy atom. The summed E-state index contributed by atoms with van der Waals surface area (Å²) in [6, 6.07) is 0. The molecule has 0 saturated carbocycles. The molecule has 0 bridgehead atoms. The maximum Gasteiger partial charge on any atom is 0.349 e. The normalized spacial score (nSPS) is 12.9. The molecule has 0 aliphatic heterocycles. The van der Waals surface area contributed by atoms with E-state index in [1.807, 2.05) is 13.8 Å². The summed E-state index contributed by atoms with van der Waals surface area (Å²) in [5.74, 6) is -0.0241. The van der Waals surface area contributed by atoms with Crippen LogP contribution in [0.2, 0.25) is 0 Å². The molecule has 0 spiro atoms. The number of hydrogen-bond acceptors (Lipinski definition) is 5. The lowest BCUT2D eigenvalue weighted by molar-refractivity contribution is 0.0606. The Labute approximate surface area is 93.2 Å². The van der Waals surface area contributed by atoms with E-state index in [9.17, 15) is 4.79 Å². The average Bonchev–Trinajstić information content (AvgIpc) is 2.66. The topological polar surface area (TPSA) is 48.4 Å². The third-order valence-corrected chi connectivity index (χ3v) is 3.05. The van der Waals surface area contributed by atoms with E-state index in [4.69, 9.17) is 4.74 Å². The highest BCUT2D eigenvalue weighted by atomic mass is 32.1. The molecule has 1 rings (SSSR count). The molecular formula is C10H15NO3S. The smallest absolute Gasteiger partial charge is 0.349 e. The molecule has 4 nitrogen and oxygen atoms in total. The van der Waals surface area contributed by atoms with E-state index in [-0.39, 0.29) is 12.1 Å². The molecule has 0 aromatic carbocycles. The monoisotopic (exact) mass is 229 g/mol. The number of aromatic nitrogens is 1. The quantitative estimate of drug-likeness (QED) is 0.743. The summed E-state index contributed by atoms with van der Waals surface area (Å²) in [4.78, 5) is 15.9. The van der Waals surface area contributed by atoms with Crippen LogP contribution >= 0.6 is 11.3 Å². The van der Waals surface area contributed by atoms with Gasteiger partial charge in [0.2, 0.25) is 0 Å². The molecule has 1 atom stereocenters. The predicted molar refractivity (Wildman–Crippen MR) is 58.0 cm³/mol. The highest BCUT2D eigenvalue weighted by Crippen LogP contribution is 2.28. The lowest BCUT2D eigenvalue weighted by Gasteiger charge is -2.15. The Hall–Kier alpha value is -0.940. The van der Waals surface area contributed by atoms with Crippen LogP contribution in [0.1, 0.15) is 34.6 Å². The van der Waals surface area contributed by atoms with Gasteiger partial charge in [0.1, 0.15) is 16.0 Å². The lowest BCUT2D eigenvalue weighted by atomic mass is 10.1. The third-order valence-electron chi connectivity index (χ3n) is 2.01. The number of carbonyl (C=O) groups excluding carboxylic acids is 1. The minimum atomic E-state index is -0.350. The van der Waals surface area contributed by atoms with Gasteiger partial charge in [-0.1, -0.05) is 13.8 Å². The molecule has 5 heteroatoms. The molecule has 15 heavy (non-hydrogen) atoms. The van der Waals surface area contributed by atoms with Crippen LogP contribution in [0.4, 0.5) is 0 Å². The molecule has 1 aromatic heterocycles. The van der Waals surface area contributed by atoms with Gasteiger partial charge in [0.05, 0.1) is 13.3 Å². The van der Waals surface area contributed by atoms with Gasteiger partial charge in [-0.15, -0.1) is 11.3 Å². The molecular weight excluding hydrogens is 214 g/mol. The van der Waals surface area contributed by atoms with Crippen molar-refractivity contribution in [2.75, 3.05) is 14.2 Å². The molecule has 0 radical (unpaired) electrons. The van der Waals surface area contributed by atoms with Crippen LogP contribution in [0.5, 0.6) is 0 Å². The van der Waals surface area contributed by atoms with Crippen LogP contribution in [0.3, 0.4) is 0 Å². The Morgan fingerprint density at radius 3 is 2.60 bits per heavy atom. The molecule has 0 fully saturated rings. The Morgan fingerprint density at radius 1 is 1.47 bits per heavy atom. The zero-order chi connectivity index (χ0) is 11.4. The predicted octanol–water partition coefficient (Wildman–Crippen LogP) is 2.27. The molecule has 0 N–H and O–H groups in total. The fourth-order valence-corrected chi connectivity index (χ4v) is 2.36. The van der Waals surface area contributed by atoms with Crippen molar-refractivity contribution in [2.45, 2.75) is 20.0 Å². The fraction of sp³-hybridized carbons (Fsp3) is 0.600. The second-order valence-corrected chi connectivity index (χ2v) is 4.52. The minimum absolute atomic E-state index is 0.0617. The SMILES string of the molecule is COC(=O)c1cnc(C(OC)C(C)C)s1. The van der Waals surface area contributed by atoms with Crippen molar-refractivity contribution in [3.63, 3.8) is 0 Å². The molecule has 0 aliphatic carbocycles. The zero-order valence-electron chi connectivity index (χ0n) is 9.31. The number of esters is 1. The van der Waals surface area contributed by atoms with E-state index < -0.39 is 0 Å². The van der Waals surface area contributed by atoms with Crippen LogP contribution in [0.25, 0.3) is 0 Å². The van der Waals surface area contributed by atoms with E-state index in [0.717, 1.165) is 5.01 Å². The first-order chi connectivity index (χ1) is 7.10. The van der Waals surface area contributed by atoms with Crippen LogP contribution in [-0.4, -0.2) is 25.2 Å². The van der Waals surface area contributed by atoms with Crippen molar-refractivity contribution in [3.8, 4) is 0 Å². The summed E-state index contributed by atoms with van der Waals surface area (Å²) in [5.41, 5.74) is 0. The molecule has 1 unspecified atom stereocenters. The van der Waals surface area contributed by atoms with Crippen molar-refractivity contribution in [3.05, 3.63) is 16.1 Å². The van der Waals surface area contributed by atoms with Gasteiger partial charge in [-0.2, -0.15) is 0 Å². The van der Waals surface area contributed by atoms with Crippen molar-refractivity contribution < 1.29 is 14.3 Å². The second kappa shape index (κ2) is 5.23. The number of ether oxygens (including phenoxy) is 2. The number of nitrogens with zero attached hydrogens (tertiary/aromatic N) is 1. The first-order valence-corrected chi connectivity index (χ1v) is 5.48. The summed E-state index contributed by atoms with van der Waals surface area (Å²) in [6.45, 7) is 4.10. The van der Waals surface area contributed by atoms with E-state index in [1.165, 1.54) is 24.6 Å². The molecule has 0 amide bonds. The van der Waals surface area contributed by atoms with Gasteiger partial charge in [-0.25, -0.2) is 9.78 Å². The number of hydrogen-bond donors (Lipinski definition) is 0. The second-order valence-electron chi connectivity index (χ2n) is 3.45. The largest absolute Gasteiger partial charge is 0.465 e. The molecule has 0 saturated heterocycles. The maximum atomic E-state index is 11.2. The summed E-state index contributed by atoms with van der Waals surface area (Å²) < 4.78 is 9.93. The van der Waals surface area contributed by atoms with Gasteiger partial charge in [-0.05, 0) is 5.92 Å². The van der Waals surface area contributed by atoms with Gasteiger partial charge in [0.25, 0.3) is 0 Å². The van der Waals surface area contributed by atoms with E-state index in [2.05, 4.69) is 9.72 Å². The molecule has 1 aromatic rings. The zero-order valence-corrected chi connectivity index (χ0v) is 10.1. The van der Waals surface area contributed by atoms with Crippen molar-refractivity contribution in [1.82, 2.24) is 4.98 Å². The van der Waals surface area contributed by atoms with Gasteiger partial charge >= 0.3 is 5.97 Å². The van der Waals surface area contributed by atoms with Crippen molar-refractivity contribution in [1.29, 1.82) is 0 Å². The van der Waals surface area contributed by atoms with Crippen LogP contribution in [0, 0.1) is 5.92 Å². The third kappa shape index (κ3) is 2.76. The van der Waals surface area contributed by atoms with Crippen LogP contribution < -0.4 is 0 Å². The van der Waals surface area contributed by atoms with E-state index >= 15 is 0 Å². The number of methoxy groups -OCH3 is 2. The Kier molecular flexibility index (Phi) is 4.23. The van der Waals surface area contributed by atoms with E-state index in [1.54, 1.807) is 7.11 Å². The van der Waals surface area contributed by atoms with Gasteiger partial charge < -0.3 is 9.47 Å². The van der Waals surface area contributed by atoms with Crippen molar-refractivity contribution in [2.24, 2.45) is 5.92 Å². The molecule has 1 heterocycles. The van der Waals surface area contributed by atoms with Crippen LogP contribution in [-0.2, 0) is 9.47 Å². The first-order valence-electron chi connectivity index (χ1n) is 4.67. The van der Waals surface area contributed by atoms with Gasteiger partial charge in [0, 0.05) is 7.11 Å². The lowest BCUT2D eigenvalue weighted by Crippen LogP contribution is -2.08. The molecule has 84 valence electrons. The summed E-state index contributed by atoms with van der Waals surface area (Å²) in [5, 5.41) is 0.813. The summed E-state index contributed by atoms with van der Waals surface area (Å²) in [7, 11) is 3.00. The average molecular weight is 229 g/mol. The fourth-order valence-electron chi connectivity index (χ4n) is 1.27. The number of thiazole rings is 1. The minimum Gasteiger partial charge on any atom is -0.465 e. The standard InChI is InChI=1S/C10H15NO3S/c1-6(2)8(13-3)9-11-5-7(15-9)10(12)14-4/h5-6,8H,1-4H3. The van der Waals surface area contributed by atoms with Crippen LogP contribution in [0.15, 0.2) is 6.20 Å². The number of rotatable bonds is 4. The Balaban J connectivity index is 2.87. The molecule has 0 aliphatic rings. The van der Waals surface area contributed by atoms with Crippen molar-refractivity contribution >= 4 is 17.3 Å². The highest BCUT2D eigenvalue weighted by molar-refractivity contribution is 7.13. The first kappa shape index (κ1) is 12.1. The highest BCUT2D eigenvalue weighted by Gasteiger charge is 2.20. The Bertz CT molecular complexity index is 335. The van der Waals surface area contributed by atoms with Gasteiger partial charge in [0.15, 0.2) is 0 Å². The van der Waals surface area contributed by atoms with Gasteiger partial charge in [-0.3, -0.25) is 0 Å². The van der Waals surface area contributed by atoms with E-state index in [0.29, 0.717) is 10.8 Å². The maximum absolute atomic E-state index is 11.2. The number of carbonyl (C=O) groups is 1. The summed E-state index contributed by atoms with van der Waals surface area (Å²) >= 11 is 1.32.